The molecule has 0 heterocycles. The summed E-state index contributed by atoms with van der Waals surface area (Å²) in [6.07, 6.45) is 0. The Bertz CT molecular complexity index is 196. The summed E-state index contributed by atoms with van der Waals surface area (Å²) >= 11 is 8.30. The van der Waals surface area contributed by atoms with E-state index in [9.17, 15) is 0 Å². The van der Waals surface area contributed by atoms with Crippen molar-refractivity contribution in [3.8, 4) is 0 Å². The van der Waals surface area contributed by atoms with Crippen LogP contribution in [0.1, 0.15) is 5.56 Å². The Hall–Kier alpha value is -0.0800. The van der Waals surface area contributed by atoms with Crippen LogP contribution in [0.4, 0.5) is 0 Å². The topological polar surface area (TPSA) is 0 Å². The number of hydrogen-bond acceptors (Lipinski definition) is 2. The van der Waals surface area contributed by atoms with E-state index in [1.165, 1.54) is 5.56 Å². The van der Waals surface area contributed by atoms with Crippen LogP contribution in [0, 0.1) is 0 Å². The second-order valence-electron chi connectivity index (χ2n) is 1.83. The van der Waals surface area contributed by atoms with Gasteiger partial charge in [0.15, 0.2) is 0 Å². The summed E-state index contributed by atoms with van der Waals surface area (Å²) in [7, 11) is 0. The average molecular weight is 156 g/mol. The van der Waals surface area contributed by atoms with Gasteiger partial charge in [0.05, 0.1) is 0 Å². The van der Waals surface area contributed by atoms with Gasteiger partial charge in [0, 0.05) is 10.6 Å². The first-order valence-electron chi connectivity index (χ1n) is 2.71. The lowest BCUT2D eigenvalue weighted by Gasteiger charge is -1.94. The molecule has 0 N–H and O–H groups in total. The summed E-state index contributed by atoms with van der Waals surface area (Å²) in [5.41, 5.74) is 1.21. The van der Waals surface area contributed by atoms with Crippen molar-refractivity contribution in [3.63, 3.8) is 0 Å². The molecule has 0 nitrogen and oxygen atoms in total. The molecule has 1 rings (SSSR count). The van der Waals surface area contributed by atoms with Crippen molar-refractivity contribution in [1.82, 2.24) is 0 Å². The van der Waals surface area contributed by atoms with Crippen molar-refractivity contribution < 1.29 is 0 Å². The maximum Gasteiger partial charge on any atom is 0.0154 e. The second kappa shape index (κ2) is 3.18. The SMILES string of the molecule is SCc1cccc(S)c1. The van der Waals surface area contributed by atoms with Gasteiger partial charge in [-0.2, -0.15) is 12.6 Å². The van der Waals surface area contributed by atoms with Gasteiger partial charge in [0.1, 0.15) is 0 Å². The van der Waals surface area contributed by atoms with Gasteiger partial charge in [0.25, 0.3) is 0 Å². The van der Waals surface area contributed by atoms with Gasteiger partial charge < -0.3 is 0 Å². The third-order valence-electron chi connectivity index (χ3n) is 1.09. The minimum absolute atomic E-state index is 0.786. The van der Waals surface area contributed by atoms with Crippen molar-refractivity contribution in [2.75, 3.05) is 0 Å². The molecular formula is C7H8S2. The van der Waals surface area contributed by atoms with Gasteiger partial charge in [-0.25, -0.2) is 0 Å². The Morgan fingerprint density at radius 1 is 1.33 bits per heavy atom. The molecule has 48 valence electrons. The molecule has 0 aliphatic carbocycles. The van der Waals surface area contributed by atoms with Gasteiger partial charge in [-0.15, -0.1) is 12.6 Å². The molecular weight excluding hydrogens is 148 g/mol. The summed E-state index contributed by atoms with van der Waals surface area (Å²) in [6.45, 7) is 0. The summed E-state index contributed by atoms with van der Waals surface area (Å²) in [5, 5.41) is 0. The van der Waals surface area contributed by atoms with Gasteiger partial charge in [0.2, 0.25) is 0 Å². The highest BCUT2D eigenvalue weighted by Gasteiger charge is 1.87. The Balaban J connectivity index is 2.94. The highest BCUT2D eigenvalue weighted by molar-refractivity contribution is 7.80. The minimum atomic E-state index is 0.786. The molecule has 0 saturated heterocycles. The molecule has 0 radical (unpaired) electrons. The zero-order chi connectivity index (χ0) is 6.69. The fourth-order valence-corrected chi connectivity index (χ4v) is 1.10. The predicted octanol–water partition coefficient (Wildman–Crippen LogP) is 2.41. The zero-order valence-electron chi connectivity index (χ0n) is 4.91. The monoisotopic (exact) mass is 156 g/mol. The Morgan fingerprint density at radius 3 is 2.56 bits per heavy atom. The Kier molecular flexibility index (Phi) is 2.49. The van der Waals surface area contributed by atoms with E-state index in [0.717, 1.165) is 10.6 Å². The minimum Gasteiger partial charge on any atom is -0.175 e. The summed E-state index contributed by atoms with van der Waals surface area (Å²) in [4.78, 5) is 1.00. The number of thiol groups is 2. The predicted molar refractivity (Wildman–Crippen MR) is 46.4 cm³/mol. The van der Waals surface area contributed by atoms with Crippen LogP contribution in [-0.2, 0) is 5.75 Å². The Labute approximate surface area is 66.1 Å². The highest BCUT2D eigenvalue weighted by atomic mass is 32.1. The first kappa shape index (κ1) is 7.03. The van der Waals surface area contributed by atoms with Crippen molar-refractivity contribution >= 4 is 25.3 Å². The lowest BCUT2D eigenvalue weighted by atomic mass is 10.2. The summed E-state index contributed by atoms with van der Waals surface area (Å²) < 4.78 is 0. The molecule has 0 saturated carbocycles. The molecule has 9 heavy (non-hydrogen) atoms. The molecule has 0 amide bonds. The quantitative estimate of drug-likeness (QED) is 0.573. The fraction of sp³-hybridized carbons (Fsp3) is 0.143. The molecule has 0 spiro atoms. The van der Waals surface area contributed by atoms with Crippen molar-refractivity contribution in [2.24, 2.45) is 0 Å². The van der Waals surface area contributed by atoms with E-state index in [2.05, 4.69) is 25.3 Å². The maximum atomic E-state index is 4.17. The largest absolute Gasteiger partial charge is 0.175 e. The molecule has 0 atom stereocenters. The van der Waals surface area contributed by atoms with E-state index in [1.807, 2.05) is 24.3 Å². The van der Waals surface area contributed by atoms with Crippen molar-refractivity contribution in [2.45, 2.75) is 10.6 Å². The van der Waals surface area contributed by atoms with Crippen LogP contribution in [0.25, 0.3) is 0 Å². The smallest absolute Gasteiger partial charge is 0.0154 e. The molecule has 0 bridgehead atoms. The van der Waals surface area contributed by atoms with Crippen LogP contribution < -0.4 is 0 Å². The fourth-order valence-electron chi connectivity index (χ4n) is 0.655. The maximum absolute atomic E-state index is 4.17. The molecule has 2 heteroatoms. The highest BCUT2D eigenvalue weighted by Crippen LogP contribution is 2.09. The van der Waals surface area contributed by atoms with E-state index in [4.69, 9.17) is 0 Å². The number of benzene rings is 1. The van der Waals surface area contributed by atoms with Crippen LogP contribution in [0.3, 0.4) is 0 Å². The van der Waals surface area contributed by atoms with E-state index in [-0.39, 0.29) is 0 Å². The normalized spacial score (nSPS) is 9.56. The molecule has 0 fully saturated rings. The molecule has 0 aliphatic rings. The van der Waals surface area contributed by atoms with Crippen molar-refractivity contribution in [1.29, 1.82) is 0 Å². The van der Waals surface area contributed by atoms with Gasteiger partial charge in [-0.05, 0) is 17.7 Å². The van der Waals surface area contributed by atoms with Gasteiger partial charge >= 0.3 is 0 Å². The Morgan fingerprint density at radius 2 is 2.11 bits per heavy atom. The third kappa shape index (κ3) is 1.95. The van der Waals surface area contributed by atoms with Crippen LogP contribution in [0.15, 0.2) is 29.2 Å². The third-order valence-corrected chi connectivity index (χ3v) is 1.74. The first-order chi connectivity index (χ1) is 4.33. The lowest BCUT2D eigenvalue weighted by molar-refractivity contribution is 1.34. The van der Waals surface area contributed by atoms with Crippen LogP contribution in [0.2, 0.25) is 0 Å². The average Bonchev–Trinajstić information content (AvgIpc) is 1.88. The van der Waals surface area contributed by atoms with Crippen LogP contribution >= 0.6 is 25.3 Å². The van der Waals surface area contributed by atoms with Crippen LogP contribution in [0.5, 0.6) is 0 Å². The molecule has 1 aromatic rings. The lowest BCUT2D eigenvalue weighted by Crippen LogP contribution is -1.74. The van der Waals surface area contributed by atoms with Gasteiger partial charge in [-0.1, -0.05) is 12.1 Å². The summed E-state index contributed by atoms with van der Waals surface area (Å²) in [5.74, 6) is 0.786. The number of hydrogen-bond donors (Lipinski definition) is 2. The summed E-state index contributed by atoms with van der Waals surface area (Å²) in [6, 6.07) is 7.98. The zero-order valence-corrected chi connectivity index (χ0v) is 6.70. The molecule has 0 aliphatic heterocycles. The molecule has 0 aromatic heterocycles. The van der Waals surface area contributed by atoms with E-state index < -0.39 is 0 Å². The first-order valence-corrected chi connectivity index (χ1v) is 3.79. The standard InChI is InChI=1S/C7H8S2/c8-5-6-2-1-3-7(9)4-6/h1-4,8-9H,5H2. The van der Waals surface area contributed by atoms with E-state index in [0.29, 0.717) is 0 Å². The number of rotatable bonds is 1. The van der Waals surface area contributed by atoms with Crippen molar-refractivity contribution in [3.05, 3.63) is 29.8 Å². The molecule has 0 unspecified atom stereocenters. The van der Waals surface area contributed by atoms with E-state index >= 15 is 0 Å². The van der Waals surface area contributed by atoms with E-state index in [1.54, 1.807) is 0 Å². The molecule has 1 aromatic carbocycles. The van der Waals surface area contributed by atoms with Crippen LogP contribution in [-0.4, -0.2) is 0 Å². The second-order valence-corrected chi connectivity index (χ2v) is 2.66. The van der Waals surface area contributed by atoms with Gasteiger partial charge in [-0.3, -0.25) is 0 Å².